The van der Waals surface area contributed by atoms with Crippen LogP contribution in [0.3, 0.4) is 0 Å². The van der Waals surface area contributed by atoms with Gasteiger partial charge in [-0.25, -0.2) is 13.4 Å². The van der Waals surface area contributed by atoms with Crippen molar-refractivity contribution in [1.29, 1.82) is 0 Å². The third-order valence-corrected chi connectivity index (χ3v) is 4.58. The molecule has 0 unspecified atom stereocenters. The summed E-state index contributed by atoms with van der Waals surface area (Å²) in [5, 5.41) is 3.98. The number of hydrogen-bond donors (Lipinski definition) is 2. The number of fused-ring (bicyclic) bond motifs is 1. The summed E-state index contributed by atoms with van der Waals surface area (Å²) in [6, 6.07) is 9.22. The highest BCUT2D eigenvalue weighted by molar-refractivity contribution is 7.91. The van der Waals surface area contributed by atoms with E-state index < -0.39 is 9.84 Å². The lowest BCUT2D eigenvalue weighted by atomic mass is 10.2. The van der Waals surface area contributed by atoms with Crippen molar-refractivity contribution in [2.24, 2.45) is 0 Å². The number of nitrogens with one attached hydrogen (secondary N) is 1. The highest BCUT2D eigenvalue weighted by atomic mass is 32.2. The van der Waals surface area contributed by atoms with Gasteiger partial charge in [0.15, 0.2) is 9.84 Å². The molecule has 2 aromatic rings. The molecule has 0 saturated heterocycles. The standard InChI is InChI=1S/C13H17N3O2S/c1-2-19(17,18)8-7-15-13-6-3-10-9-11(14)4-5-12(10)16-13/h3-6,9H,2,7-8,14H2,1H3,(H,15,16). The summed E-state index contributed by atoms with van der Waals surface area (Å²) in [5.74, 6) is 0.952. The average Bonchev–Trinajstić information content (AvgIpc) is 2.39. The fraction of sp³-hybridized carbons (Fsp3) is 0.308. The monoisotopic (exact) mass is 279 g/mol. The van der Waals surface area contributed by atoms with Gasteiger partial charge in [0.1, 0.15) is 5.82 Å². The highest BCUT2D eigenvalue weighted by Gasteiger charge is 2.06. The van der Waals surface area contributed by atoms with Gasteiger partial charge in [-0.2, -0.15) is 0 Å². The first kappa shape index (κ1) is 13.6. The van der Waals surface area contributed by atoms with E-state index >= 15 is 0 Å². The molecule has 0 bridgehead atoms. The van der Waals surface area contributed by atoms with E-state index in [0.29, 0.717) is 18.1 Å². The molecule has 0 aliphatic heterocycles. The average molecular weight is 279 g/mol. The van der Waals surface area contributed by atoms with Crippen LogP contribution in [0.25, 0.3) is 10.9 Å². The first-order valence-electron chi connectivity index (χ1n) is 6.11. The van der Waals surface area contributed by atoms with Crippen LogP contribution >= 0.6 is 0 Å². The lowest BCUT2D eigenvalue weighted by Crippen LogP contribution is -2.17. The van der Waals surface area contributed by atoms with Gasteiger partial charge in [-0.1, -0.05) is 6.92 Å². The molecule has 3 N–H and O–H groups in total. The number of nitrogen functional groups attached to an aromatic ring is 1. The number of nitrogens with two attached hydrogens (primary N) is 1. The van der Waals surface area contributed by atoms with Gasteiger partial charge < -0.3 is 11.1 Å². The van der Waals surface area contributed by atoms with Crippen LogP contribution in [0.1, 0.15) is 6.92 Å². The van der Waals surface area contributed by atoms with Crippen molar-refractivity contribution in [3.05, 3.63) is 30.3 Å². The molecule has 1 heterocycles. The molecular weight excluding hydrogens is 262 g/mol. The number of aromatic nitrogens is 1. The molecule has 0 aliphatic carbocycles. The fourth-order valence-corrected chi connectivity index (χ4v) is 2.42. The Kier molecular flexibility index (Phi) is 3.90. The molecule has 5 nitrogen and oxygen atoms in total. The van der Waals surface area contributed by atoms with Crippen molar-refractivity contribution in [1.82, 2.24) is 4.98 Å². The number of rotatable bonds is 5. The second kappa shape index (κ2) is 5.44. The fourth-order valence-electron chi connectivity index (χ4n) is 1.72. The first-order chi connectivity index (χ1) is 9.00. The topological polar surface area (TPSA) is 85.1 Å². The lowest BCUT2D eigenvalue weighted by molar-refractivity contribution is 0.597. The van der Waals surface area contributed by atoms with E-state index in [9.17, 15) is 8.42 Å². The second-order valence-electron chi connectivity index (χ2n) is 4.31. The summed E-state index contributed by atoms with van der Waals surface area (Å²) in [7, 11) is -2.94. The van der Waals surface area contributed by atoms with Gasteiger partial charge in [-0.15, -0.1) is 0 Å². The minimum absolute atomic E-state index is 0.116. The van der Waals surface area contributed by atoms with Crippen LogP contribution in [-0.2, 0) is 9.84 Å². The van der Waals surface area contributed by atoms with E-state index in [0.717, 1.165) is 10.9 Å². The van der Waals surface area contributed by atoms with E-state index in [1.54, 1.807) is 13.0 Å². The third-order valence-electron chi connectivity index (χ3n) is 2.87. The van der Waals surface area contributed by atoms with Gasteiger partial charge >= 0.3 is 0 Å². The smallest absolute Gasteiger partial charge is 0.151 e. The Balaban J connectivity index is 2.08. The largest absolute Gasteiger partial charge is 0.399 e. The van der Waals surface area contributed by atoms with Crippen LogP contribution in [0.4, 0.5) is 11.5 Å². The summed E-state index contributed by atoms with van der Waals surface area (Å²) in [5.41, 5.74) is 7.22. The predicted molar refractivity (Wildman–Crippen MR) is 79.0 cm³/mol. The van der Waals surface area contributed by atoms with E-state index in [1.165, 1.54) is 0 Å². The van der Waals surface area contributed by atoms with E-state index in [4.69, 9.17) is 5.73 Å². The first-order valence-corrected chi connectivity index (χ1v) is 7.93. The van der Waals surface area contributed by atoms with Crippen molar-refractivity contribution in [3.8, 4) is 0 Å². The van der Waals surface area contributed by atoms with Crippen LogP contribution in [0, 0.1) is 0 Å². The molecule has 0 radical (unpaired) electrons. The third kappa shape index (κ3) is 3.57. The number of anilines is 2. The van der Waals surface area contributed by atoms with E-state index in [-0.39, 0.29) is 11.5 Å². The van der Waals surface area contributed by atoms with Crippen LogP contribution in [0.15, 0.2) is 30.3 Å². The number of sulfone groups is 1. The maximum Gasteiger partial charge on any atom is 0.151 e. The molecule has 1 aromatic heterocycles. The Hall–Kier alpha value is -1.82. The van der Waals surface area contributed by atoms with Gasteiger partial charge in [-0.3, -0.25) is 0 Å². The minimum Gasteiger partial charge on any atom is -0.399 e. The molecule has 1 aromatic carbocycles. The van der Waals surface area contributed by atoms with Gasteiger partial charge in [0.25, 0.3) is 0 Å². The molecule has 0 fully saturated rings. The molecule has 19 heavy (non-hydrogen) atoms. The van der Waals surface area contributed by atoms with Crippen molar-refractivity contribution in [2.45, 2.75) is 6.92 Å². The summed E-state index contributed by atoms with van der Waals surface area (Å²) in [6.45, 7) is 2.01. The number of benzene rings is 1. The quantitative estimate of drug-likeness (QED) is 0.813. The highest BCUT2D eigenvalue weighted by Crippen LogP contribution is 2.17. The van der Waals surface area contributed by atoms with Crippen molar-refractivity contribution in [3.63, 3.8) is 0 Å². The minimum atomic E-state index is -2.94. The summed E-state index contributed by atoms with van der Waals surface area (Å²) in [4.78, 5) is 4.40. The normalized spacial score (nSPS) is 11.6. The van der Waals surface area contributed by atoms with Gasteiger partial charge in [0.2, 0.25) is 0 Å². The van der Waals surface area contributed by atoms with Crippen LogP contribution in [-0.4, -0.2) is 31.5 Å². The second-order valence-corrected chi connectivity index (χ2v) is 6.78. The molecule has 2 rings (SSSR count). The Bertz CT molecular complexity index is 683. The Labute approximate surface area is 112 Å². The molecular formula is C13H17N3O2S. The molecule has 102 valence electrons. The zero-order chi connectivity index (χ0) is 13.9. The van der Waals surface area contributed by atoms with Gasteiger partial charge in [0.05, 0.1) is 11.3 Å². The Morgan fingerprint density at radius 1 is 1.26 bits per heavy atom. The van der Waals surface area contributed by atoms with Crippen molar-refractivity contribution >= 4 is 32.2 Å². The van der Waals surface area contributed by atoms with Crippen LogP contribution in [0.5, 0.6) is 0 Å². The zero-order valence-corrected chi connectivity index (χ0v) is 11.6. The molecule has 0 saturated carbocycles. The van der Waals surface area contributed by atoms with E-state index in [2.05, 4.69) is 10.3 Å². The Morgan fingerprint density at radius 3 is 2.79 bits per heavy atom. The number of pyridine rings is 1. The molecule has 0 aliphatic rings. The number of hydrogen-bond acceptors (Lipinski definition) is 5. The molecule has 0 amide bonds. The lowest BCUT2D eigenvalue weighted by Gasteiger charge is -2.07. The van der Waals surface area contributed by atoms with Crippen LogP contribution in [0.2, 0.25) is 0 Å². The summed E-state index contributed by atoms with van der Waals surface area (Å²) < 4.78 is 22.7. The van der Waals surface area contributed by atoms with E-state index in [1.807, 2.05) is 24.3 Å². The number of nitrogens with zero attached hydrogens (tertiary/aromatic N) is 1. The Morgan fingerprint density at radius 2 is 2.05 bits per heavy atom. The molecule has 6 heteroatoms. The maximum absolute atomic E-state index is 11.4. The zero-order valence-electron chi connectivity index (χ0n) is 10.8. The predicted octanol–water partition coefficient (Wildman–Crippen LogP) is 1.66. The summed E-state index contributed by atoms with van der Waals surface area (Å²) >= 11 is 0. The van der Waals surface area contributed by atoms with Crippen molar-refractivity contribution in [2.75, 3.05) is 29.1 Å². The van der Waals surface area contributed by atoms with Gasteiger partial charge in [-0.05, 0) is 30.3 Å². The summed E-state index contributed by atoms with van der Waals surface area (Å²) in [6.07, 6.45) is 0. The van der Waals surface area contributed by atoms with Crippen LogP contribution < -0.4 is 11.1 Å². The molecule has 0 spiro atoms. The maximum atomic E-state index is 11.4. The SMILES string of the molecule is CCS(=O)(=O)CCNc1ccc2cc(N)ccc2n1. The molecule has 0 atom stereocenters. The van der Waals surface area contributed by atoms with Crippen molar-refractivity contribution < 1.29 is 8.42 Å². The van der Waals surface area contributed by atoms with Gasteiger partial charge in [0, 0.05) is 23.4 Å².